The molecule has 5 rings (SSSR count). The standard InChI is InChI=1S/C24H17ClFN3O3S/c25-15-4-3-5-18(12-15)29-22(31)14-33-24(29)19-6-1-2-7-20(19)28(23(24)32)13-21(30)27-17-10-8-16(26)9-11-17/h1-12H,13-14H2,(H,27,30)/t24-/m1/s1. The molecule has 3 aromatic rings. The van der Waals surface area contributed by atoms with E-state index < -0.39 is 16.6 Å². The molecular formula is C24H17ClFN3O3S. The van der Waals surface area contributed by atoms with E-state index in [2.05, 4.69) is 5.32 Å². The van der Waals surface area contributed by atoms with E-state index in [1.165, 1.54) is 45.8 Å². The summed E-state index contributed by atoms with van der Waals surface area (Å²) in [7, 11) is 0. The fourth-order valence-corrected chi connectivity index (χ4v) is 5.75. The van der Waals surface area contributed by atoms with Gasteiger partial charge in [-0.1, -0.05) is 35.9 Å². The van der Waals surface area contributed by atoms with E-state index in [1.54, 1.807) is 48.5 Å². The number of carbonyl (C=O) groups excluding carboxylic acids is 3. The van der Waals surface area contributed by atoms with Crippen molar-refractivity contribution in [1.29, 1.82) is 0 Å². The molecule has 2 heterocycles. The number of amides is 3. The Morgan fingerprint density at radius 3 is 2.58 bits per heavy atom. The van der Waals surface area contributed by atoms with Crippen LogP contribution in [0.25, 0.3) is 0 Å². The summed E-state index contributed by atoms with van der Waals surface area (Å²) in [5, 5.41) is 3.13. The van der Waals surface area contributed by atoms with Crippen molar-refractivity contribution in [3.63, 3.8) is 0 Å². The third-order valence-electron chi connectivity index (χ3n) is 5.56. The second-order valence-electron chi connectivity index (χ2n) is 7.61. The maximum Gasteiger partial charge on any atom is 0.269 e. The number of anilines is 3. The monoisotopic (exact) mass is 481 g/mol. The third-order valence-corrected chi connectivity index (χ3v) is 7.18. The molecule has 2 aliphatic rings. The van der Waals surface area contributed by atoms with Crippen LogP contribution in [0.1, 0.15) is 5.56 Å². The minimum Gasteiger partial charge on any atom is -0.325 e. The van der Waals surface area contributed by atoms with E-state index >= 15 is 0 Å². The number of benzene rings is 3. The lowest BCUT2D eigenvalue weighted by atomic mass is 10.0. The molecule has 1 fully saturated rings. The predicted molar refractivity (Wildman–Crippen MR) is 127 cm³/mol. The number of hydrogen-bond donors (Lipinski definition) is 1. The van der Waals surface area contributed by atoms with Gasteiger partial charge in [0.2, 0.25) is 16.7 Å². The Morgan fingerprint density at radius 1 is 1.06 bits per heavy atom. The van der Waals surface area contributed by atoms with Gasteiger partial charge in [0.15, 0.2) is 0 Å². The fraction of sp³-hybridized carbons (Fsp3) is 0.125. The van der Waals surface area contributed by atoms with Crippen LogP contribution in [0.3, 0.4) is 0 Å². The zero-order valence-electron chi connectivity index (χ0n) is 17.1. The van der Waals surface area contributed by atoms with Crippen LogP contribution in [0.15, 0.2) is 72.8 Å². The van der Waals surface area contributed by atoms with E-state index in [9.17, 15) is 18.8 Å². The Hall–Kier alpha value is -3.36. The van der Waals surface area contributed by atoms with Crippen molar-refractivity contribution >= 4 is 58.1 Å². The van der Waals surface area contributed by atoms with Gasteiger partial charge in [0.25, 0.3) is 5.91 Å². The molecule has 0 aliphatic carbocycles. The molecule has 2 aliphatic heterocycles. The van der Waals surface area contributed by atoms with Gasteiger partial charge in [0.05, 0.1) is 11.4 Å². The molecule has 0 aromatic heterocycles. The van der Waals surface area contributed by atoms with Gasteiger partial charge in [-0.05, 0) is 48.5 Å². The second-order valence-corrected chi connectivity index (χ2v) is 9.21. The SMILES string of the molecule is O=C(CN1C(=O)[C@]2(SCC(=O)N2c2cccc(Cl)c2)c2ccccc21)Nc1ccc(F)cc1. The molecule has 3 aromatic carbocycles. The van der Waals surface area contributed by atoms with Crippen molar-refractivity contribution in [3.05, 3.63) is 89.2 Å². The van der Waals surface area contributed by atoms with Crippen molar-refractivity contribution in [2.45, 2.75) is 4.87 Å². The van der Waals surface area contributed by atoms with Crippen molar-refractivity contribution in [2.75, 3.05) is 27.4 Å². The van der Waals surface area contributed by atoms with E-state index in [-0.39, 0.29) is 24.1 Å². The molecule has 9 heteroatoms. The zero-order valence-corrected chi connectivity index (χ0v) is 18.7. The zero-order chi connectivity index (χ0) is 23.2. The molecule has 33 heavy (non-hydrogen) atoms. The van der Waals surface area contributed by atoms with Crippen LogP contribution in [0.2, 0.25) is 5.02 Å². The molecule has 1 N–H and O–H groups in total. The van der Waals surface area contributed by atoms with Crippen LogP contribution in [-0.4, -0.2) is 30.0 Å². The normalized spacial score (nSPS) is 19.3. The molecule has 1 saturated heterocycles. The van der Waals surface area contributed by atoms with Crippen molar-refractivity contribution in [1.82, 2.24) is 0 Å². The Kier molecular flexibility index (Phi) is 5.34. The fourth-order valence-electron chi connectivity index (χ4n) is 4.20. The van der Waals surface area contributed by atoms with Crippen LogP contribution < -0.4 is 15.1 Å². The number of fused-ring (bicyclic) bond motifs is 2. The summed E-state index contributed by atoms with van der Waals surface area (Å²) in [4.78, 5) is 41.2. The molecule has 0 unspecified atom stereocenters. The molecule has 0 saturated carbocycles. The summed E-state index contributed by atoms with van der Waals surface area (Å²) >= 11 is 7.40. The highest BCUT2D eigenvalue weighted by Gasteiger charge is 2.61. The largest absolute Gasteiger partial charge is 0.325 e. The molecule has 3 amide bonds. The van der Waals surface area contributed by atoms with Gasteiger partial charge < -0.3 is 5.32 Å². The minimum atomic E-state index is -1.32. The highest BCUT2D eigenvalue weighted by Crippen LogP contribution is 2.55. The lowest BCUT2D eigenvalue weighted by Crippen LogP contribution is -2.50. The van der Waals surface area contributed by atoms with Gasteiger partial charge in [-0.25, -0.2) is 4.39 Å². The Labute approximate surface area is 198 Å². The van der Waals surface area contributed by atoms with Crippen LogP contribution in [-0.2, 0) is 19.3 Å². The third kappa shape index (κ3) is 3.55. The number of hydrogen-bond acceptors (Lipinski definition) is 4. The summed E-state index contributed by atoms with van der Waals surface area (Å²) in [6, 6.07) is 19.3. The minimum absolute atomic E-state index is 0.113. The van der Waals surface area contributed by atoms with Crippen LogP contribution >= 0.6 is 23.4 Å². The summed E-state index contributed by atoms with van der Waals surface area (Å²) in [5.74, 6) is -1.34. The Balaban J connectivity index is 1.51. The van der Waals surface area contributed by atoms with Gasteiger partial charge >= 0.3 is 0 Å². The summed E-state index contributed by atoms with van der Waals surface area (Å²) in [6.45, 7) is -0.257. The number of thioether (sulfide) groups is 1. The van der Waals surface area contributed by atoms with Gasteiger partial charge in [-0.2, -0.15) is 0 Å². The van der Waals surface area contributed by atoms with Crippen LogP contribution in [0.5, 0.6) is 0 Å². The number of para-hydroxylation sites is 1. The first-order valence-corrected chi connectivity index (χ1v) is 11.5. The lowest BCUT2D eigenvalue weighted by molar-refractivity contribution is -0.124. The first kappa shape index (κ1) is 21.5. The first-order chi connectivity index (χ1) is 15.9. The summed E-state index contributed by atoms with van der Waals surface area (Å²) < 4.78 is 13.2. The van der Waals surface area contributed by atoms with Gasteiger partial charge in [0.1, 0.15) is 12.4 Å². The maximum atomic E-state index is 13.9. The van der Waals surface area contributed by atoms with E-state index in [0.717, 1.165) is 0 Å². The number of halogens is 2. The maximum absolute atomic E-state index is 13.9. The van der Waals surface area contributed by atoms with Crippen LogP contribution in [0, 0.1) is 5.82 Å². The van der Waals surface area contributed by atoms with Crippen molar-refractivity contribution in [2.24, 2.45) is 0 Å². The number of carbonyl (C=O) groups is 3. The summed E-state index contributed by atoms with van der Waals surface area (Å²) in [5.41, 5.74) is 2.13. The average Bonchev–Trinajstić information content (AvgIpc) is 3.26. The topological polar surface area (TPSA) is 69.7 Å². The molecule has 6 nitrogen and oxygen atoms in total. The molecule has 166 valence electrons. The molecule has 0 radical (unpaired) electrons. The van der Waals surface area contributed by atoms with Crippen molar-refractivity contribution in [3.8, 4) is 0 Å². The number of rotatable bonds is 4. The molecule has 0 bridgehead atoms. The lowest BCUT2D eigenvalue weighted by Gasteiger charge is -2.33. The molecule has 1 atom stereocenters. The quantitative estimate of drug-likeness (QED) is 0.599. The predicted octanol–water partition coefficient (Wildman–Crippen LogP) is 4.40. The number of nitrogens with zero attached hydrogens (tertiary/aromatic N) is 2. The highest BCUT2D eigenvalue weighted by atomic mass is 35.5. The van der Waals surface area contributed by atoms with E-state index in [4.69, 9.17) is 11.6 Å². The number of nitrogens with one attached hydrogen (secondary N) is 1. The summed E-state index contributed by atoms with van der Waals surface area (Å²) in [6.07, 6.45) is 0. The Bertz CT molecular complexity index is 1290. The van der Waals surface area contributed by atoms with Gasteiger partial charge in [-0.3, -0.25) is 24.2 Å². The second kappa shape index (κ2) is 8.20. The van der Waals surface area contributed by atoms with Gasteiger partial charge in [-0.15, -0.1) is 11.8 Å². The van der Waals surface area contributed by atoms with Crippen LogP contribution in [0.4, 0.5) is 21.5 Å². The highest BCUT2D eigenvalue weighted by molar-refractivity contribution is 8.02. The smallest absolute Gasteiger partial charge is 0.269 e. The first-order valence-electron chi connectivity index (χ1n) is 10.1. The Morgan fingerprint density at radius 2 is 1.82 bits per heavy atom. The van der Waals surface area contributed by atoms with Crippen molar-refractivity contribution < 1.29 is 18.8 Å². The molecule has 1 spiro atoms. The van der Waals surface area contributed by atoms with Gasteiger partial charge in [0, 0.05) is 22.0 Å². The van der Waals surface area contributed by atoms with E-state index in [1.807, 2.05) is 0 Å². The van der Waals surface area contributed by atoms with E-state index in [0.29, 0.717) is 27.6 Å². The average molecular weight is 482 g/mol. The molecular weight excluding hydrogens is 465 g/mol.